The second-order valence-electron chi connectivity index (χ2n) is 9.92. The Labute approximate surface area is 231 Å². The van der Waals surface area contributed by atoms with Crippen molar-refractivity contribution in [2.75, 3.05) is 0 Å². The van der Waals surface area contributed by atoms with Crippen molar-refractivity contribution in [1.82, 2.24) is 9.38 Å². The molecule has 0 saturated heterocycles. The van der Waals surface area contributed by atoms with Gasteiger partial charge in [0.05, 0.1) is 16.6 Å². The molecule has 0 spiro atoms. The van der Waals surface area contributed by atoms with Gasteiger partial charge in [0.15, 0.2) is 0 Å². The summed E-state index contributed by atoms with van der Waals surface area (Å²) in [5.41, 5.74) is 4.29. The third-order valence-corrected chi connectivity index (χ3v) is 12.8. The van der Waals surface area contributed by atoms with Crippen LogP contribution in [0.4, 0.5) is 0 Å². The molecule has 6 aromatic carbocycles. The first kappa shape index (κ1) is 22.7. The van der Waals surface area contributed by atoms with Crippen molar-refractivity contribution < 1.29 is 0 Å². The number of fused-ring (bicyclic) bond motifs is 10. The Kier molecular flexibility index (Phi) is 5.00. The fourth-order valence-electron chi connectivity index (χ4n) is 6.13. The number of imidazole rings is 1. The van der Waals surface area contributed by atoms with Gasteiger partial charge >= 0.3 is 0 Å². The predicted molar refractivity (Wildman–Crippen MR) is 171 cm³/mol. The first-order valence-corrected chi connectivity index (χ1v) is 15.9. The monoisotopic (exact) mass is 534 g/mol. The van der Waals surface area contributed by atoms with Gasteiger partial charge in [0.2, 0.25) is 0 Å². The zero-order valence-electron chi connectivity index (χ0n) is 21.0. The van der Waals surface area contributed by atoms with Gasteiger partial charge in [0, 0.05) is 27.5 Å². The quantitative estimate of drug-likeness (QED) is 0.171. The number of aromatic nitrogens is 2. The molecule has 2 heterocycles. The first-order chi connectivity index (χ1) is 19.2. The third-order valence-electron chi connectivity index (χ3n) is 7.83. The van der Waals surface area contributed by atoms with Crippen LogP contribution in [-0.2, 0) is 11.8 Å². The molecule has 0 atom stereocenters. The van der Waals surface area contributed by atoms with Crippen LogP contribution in [0.1, 0.15) is 0 Å². The summed E-state index contributed by atoms with van der Waals surface area (Å²) in [5.74, 6) is 0. The molecule has 0 amide bonds. The van der Waals surface area contributed by atoms with Crippen LogP contribution in [0.25, 0.3) is 49.1 Å². The van der Waals surface area contributed by atoms with E-state index >= 15 is 0 Å². The predicted octanol–water partition coefficient (Wildman–Crippen LogP) is 7.70. The number of hydrogen-bond donors (Lipinski definition) is 0. The van der Waals surface area contributed by atoms with Crippen molar-refractivity contribution in [3.05, 3.63) is 140 Å². The Morgan fingerprint density at radius 3 is 1.82 bits per heavy atom. The fraction of sp³-hybridized carbons (Fsp3) is 0. The van der Waals surface area contributed by atoms with Gasteiger partial charge in [0.1, 0.15) is 5.65 Å². The summed E-state index contributed by atoms with van der Waals surface area (Å²) >= 11 is 6.76. The van der Waals surface area contributed by atoms with Gasteiger partial charge < -0.3 is 0 Å². The Balaban J connectivity index is 1.55. The molecule has 0 bridgehead atoms. The summed E-state index contributed by atoms with van der Waals surface area (Å²) in [7, 11) is 0. The first-order valence-electron chi connectivity index (χ1n) is 13.1. The van der Waals surface area contributed by atoms with E-state index in [0.717, 1.165) is 27.6 Å². The van der Waals surface area contributed by atoms with E-state index in [1.807, 2.05) is 0 Å². The van der Waals surface area contributed by atoms with Gasteiger partial charge in [-0.3, -0.25) is 4.40 Å². The second kappa shape index (κ2) is 8.61. The molecule has 0 aliphatic heterocycles. The molecule has 2 nitrogen and oxygen atoms in total. The van der Waals surface area contributed by atoms with Crippen LogP contribution >= 0.6 is 6.04 Å². The molecule has 0 saturated carbocycles. The Morgan fingerprint density at radius 1 is 0.487 bits per heavy atom. The lowest BCUT2D eigenvalue weighted by Crippen LogP contribution is -2.25. The minimum Gasteiger partial charge on any atom is -0.292 e. The van der Waals surface area contributed by atoms with Gasteiger partial charge in [0.25, 0.3) is 0 Å². The SMILES string of the molecule is S=P(c1ccccc1)(c1ccccc1)c1cccc2c1ccc1c2c2ccccc2n2c3ccccc3nc12. The summed E-state index contributed by atoms with van der Waals surface area (Å²) in [6.07, 6.45) is 0. The zero-order chi connectivity index (χ0) is 26.0. The molecule has 2 aromatic heterocycles. The second-order valence-corrected chi connectivity index (χ2v) is 14.3. The van der Waals surface area contributed by atoms with Crippen LogP contribution in [-0.4, -0.2) is 9.38 Å². The number of para-hydroxylation sites is 3. The molecule has 0 fully saturated rings. The lowest BCUT2D eigenvalue weighted by Gasteiger charge is -2.26. The maximum atomic E-state index is 6.76. The molecule has 8 rings (SSSR count). The number of rotatable bonds is 3. The zero-order valence-corrected chi connectivity index (χ0v) is 22.7. The number of hydrogen-bond acceptors (Lipinski definition) is 2. The summed E-state index contributed by atoms with van der Waals surface area (Å²) in [5, 5.41) is 9.68. The van der Waals surface area contributed by atoms with Crippen LogP contribution < -0.4 is 15.9 Å². The van der Waals surface area contributed by atoms with E-state index in [4.69, 9.17) is 16.8 Å². The molecule has 39 heavy (non-hydrogen) atoms. The maximum Gasteiger partial charge on any atom is 0.146 e. The molecule has 4 heteroatoms. The summed E-state index contributed by atoms with van der Waals surface area (Å²) in [4.78, 5) is 5.12. The fourth-order valence-corrected chi connectivity index (χ4v) is 10.2. The molecule has 0 unspecified atom stereocenters. The van der Waals surface area contributed by atoms with Crippen LogP contribution in [0.2, 0.25) is 0 Å². The Bertz CT molecular complexity index is 2210. The standard InChI is InChI=1S/C35H23N2PS/c39-38(24-12-3-1-4-13-24,25-14-5-2-6-15-25)33-21-11-17-27-26(33)22-23-29-34(27)28-16-7-9-19-31(28)37-32-20-10-8-18-30(32)36-35(29)37/h1-23H. The van der Waals surface area contributed by atoms with Crippen LogP contribution in [0.3, 0.4) is 0 Å². The highest BCUT2D eigenvalue weighted by atomic mass is 32.4. The van der Waals surface area contributed by atoms with E-state index in [1.54, 1.807) is 0 Å². The smallest absolute Gasteiger partial charge is 0.146 e. The maximum absolute atomic E-state index is 6.76. The highest BCUT2D eigenvalue weighted by molar-refractivity contribution is 8.25. The Hall–Kier alpha value is -4.30. The van der Waals surface area contributed by atoms with E-state index in [-0.39, 0.29) is 0 Å². The summed E-state index contributed by atoms with van der Waals surface area (Å²) in [6, 6.07) is 47.3. The lowest BCUT2D eigenvalue weighted by molar-refractivity contribution is 1.32. The molecule has 0 aliphatic carbocycles. The molecule has 8 aromatic rings. The van der Waals surface area contributed by atoms with Crippen LogP contribution in [0.15, 0.2) is 140 Å². The number of nitrogens with zero attached hydrogens (tertiary/aromatic N) is 2. The van der Waals surface area contributed by atoms with E-state index < -0.39 is 6.04 Å². The van der Waals surface area contributed by atoms with Gasteiger partial charge in [-0.05, 0) is 45.6 Å². The summed E-state index contributed by atoms with van der Waals surface area (Å²) < 4.78 is 2.31. The Morgan fingerprint density at radius 2 is 1.08 bits per heavy atom. The minimum atomic E-state index is -2.32. The molecule has 0 aliphatic rings. The van der Waals surface area contributed by atoms with E-state index in [2.05, 4.69) is 144 Å². The van der Waals surface area contributed by atoms with Crippen LogP contribution in [0.5, 0.6) is 0 Å². The third kappa shape index (κ3) is 3.21. The van der Waals surface area contributed by atoms with Crippen molar-refractivity contribution in [3.8, 4) is 0 Å². The number of benzene rings is 6. The molecular weight excluding hydrogens is 511 g/mol. The van der Waals surface area contributed by atoms with Crippen molar-refractivity contribution in [1.29, 1.82) is 0 Å². The van der Waals surface area contributed by atoms with E-state index in [9.17, 15) is 0 Å². The lowest BCUT2D eigenvalue weighted by atomic mass is 9.99. The van der Waals surface area contributed by atoms with Crippen molar-refractivity contribution in [2.45, 2.75) is 0 Å². The molecule has 0 radical (unpaired) electrons. The minimum absolute atomic E-state index is 0.989. The van der Waals surface area contributed by atoms with E-state index in [0.29, 0.717) is 0 Å². The van der Waals surface area contributed by atoms with Gasteiger partial charge in [-0.2, -0.15) is 0 Å². The van der Waals surface area contributed by atoms with Gasteiger partial charge in [-0.25, -0.2) is 4.98 Å². The van der Waals surface area contributed by atoms with E-state index in [1.165, 1.54) is 37.5 Å². The largest absolute Gasteiger partial charge is 0.292 e. The normalized spacial score (nSPS) is 12.2. The molecule has 0 N–H and O–H groups in total. The summed E-state index contributed by atoms with van der Waals surface area (Å²) in [6.45, 7) is 0. The van der Waals surface area contributed by atoms with Gasteiger partial charge in [-0.1, -0.05) is 127 Å². The molecule has 184 valence electrons. The number of pyridine rings is 1. The van der Waals surface area contributed by atoms with Gasteiger partial charge in [-0.15, -0.1) is 0 Å². The van der Waals surface area contributed by atoms with Crippen molar-refractivity contribution in [3.63, 3.8) is 0 Å². The van der Waals surface area contributed by atoms with Crippen molar-refractivity contribution in [2.24, 2.45) is 0 Å². The average molecular weight is 535 g/mol. The van der Waals surface area contributed by atoms with Crippen molar-refractivity contribution >= 4 is 82.9 Å². The van der Waals surface area contributed by atoms with Crippen LogP contribution in [0, 0.1) is 0 Å². The topological polar surface area (TPSA) is 17.3 Å². The molecular formula is C35H23N2PS. The highest BCUT2D eigenvalue weighted by Crippen LogP contribution is 2.46. The highest BCUT2D eigenvalue weighted by Gasteiger charge is 2.27. The average Bonchev–Trinajstić information content (AvgIpc) is 3.41.